The number of thioether (sulfide) groups is 1. The van der Waals surface area contributed by atoms with Crippen LogP contribution in [-0.4, -0.2) is 37.5 Å². The zero-order chi connectivity index (χ0) is 18.7. The van der Waals surface area contributed by atoms with Crippen LogP contribution in [0.3, 0.4) is 0 Å². The topological polar surface area (TPSA) is 92.7 Å². The molecule has 8 heteroatoms. The van der Waals surface area contributed by atoms with Gasteiger partial charge in [0.1, 0.15) is 5.39 Å². The van der Waals surface area contributed by atoms with Gasteiger partial charge in [0.2, 0.25) is 5.91 Å². The lowest BCUT2D eigenvalue weighted by atomic mass is 10.1. The van der Waals surface area contributed by atoms with Crippen LogP contribution in [-0.2, 0) is 4.79 Å². The average molecular weight is 371 g/mol. The van der Waals surface area contributed by atoms with Gasteiger partial charge in [0.05, 0.1) is 17.6 Å². The molecule has 0 saturated heterocycles. The van der Waals surface area contributed by atoms with Crippen LogP contribution in [0.1, 0.15) is 20.8 Å². The van der Waals surface area contributed by atoms with Crippen molar-refractivity contribution in [1.82, 2.24) is 25.1 Å². The molecule has 0 fully saturated rings. The van der Waals surface area contributed by atoms with E-state index in [-0.39, 0.29) is 23.3 Å². The van der Waals surface area contributed by atoms with Crippen molar-refractivity contribution in [2.75, 3.05) is 5.75 Å². The van der Waals surface area contributed by atoms with Gasteiger partial charge in [-0.25, -0.2) is 9.67 Å². The first-order valence-corrected chi connectivity index (χ1v) is 9.40. The molecule has 0 saturated carbocycles. The Labute approximate surface area is 155 Å². The molecule has 0 bridgehead atoms. The van der Waals surface area contributed by atoms with Crippen molar-refractivity contribution in [2.24, 2.45) is 5.92 Å². The van der Waals surface area contributed by atoms with Gasteiger partial charge in [0, 0.05) is 6.04 Å². The molecule has 3 rings (SSSR count). The van der Waals surface area contributed by atoms with Gasteiger partial charge in [-0.3, -0.25) is 9.59 Å². The molecule has 1 unspecified atom stereocenters. The van der Waals surface area contributed by atoms with Gasteiger partial charge < -0.3 is 10.3 Å². The minimum atomic E-state index is -0.268. The highest BCUT2D eigenvalue weighted by Crippen LogP contribution is 2.17. The molecule has 0 aliphatic rings. The fourth-order valence-corrected chi connectivity index (χ4v) is 2.99. The van der Waals surface area contributed by atoms with Crippen molar-refractivity contribution in [2.45, 2.75) is 32.0 Å². The number of nitrogens with zero attached hydrogens (tertiary/aromatic N) is 3. The summed E-state index contributed by atoms with van der Waals surface area (Å²) in [5, 5.41) is 8.01. The number of rotatable bonds is 6. The van der Waals surface area contributed by atoms with Crippen molar-refractivity contribution in [3.63, 3.8) is 0 Å². The van der Waals surface area contributed by atoms with Crippen molar-refractivity contribution in [3.8, 4) is 5.69 Å². The van der Waals surface area contributed by atoms with Crippen LogP contribution in [0.5, 0.6) is 0 Å². The van der Waals surface area contributed by atoms with Gasteiger partial charge in [-0.2, -0.15) is 5.10 Å². The van der Waals surface area contributed by atoms with Crippen LogP contribution in [0.15, 0.2) is 46.5 Å². The number of hydrogen-bond donors (Lipinski definition) is 2. The Hall–Kier alpha value is -2.61. The van der Waals surface area contributed by atoms with Crippen LogP contribution in [0, 0.1) is 5.92 Å². The molecule has 3 aromatic rings. The molecule has 136 valence electrons. The fraction of sp³-hybridized carbons (Fsp3) is 0.333. The van der Waals surface area contributed by atoms with Crippen LogP contribution in [0.2, 0.25) is 0 Å². The van der Waals surface area contributed by atoms with Gasteiger partial charge in [-0.1, -0.05) is 43.8 Å². The first-order valence-electron chi connectivity index (χ1n) is 8.41. The second-order valence-corrected chi connectivity index (χ2v) is 7.35. The third-order valence-electron chi connectivity index (χ3n) is 4.15. The molecule has 0 aliphatic heterocycles. The summed E-state index contributed by atoms with van der Waals surface area (Å²) in [6.45, 7) is 6.07. The second kappa shape index (κ2) is 7.74. The maximum Gasteiger partial charge on any atom is 0.262 e. The minimum absolute atomic E-state index is 0.0875. The van der Waals surface area contributed by atoms with Crippen LogP contribution in [0.4, 0.5) is 0 Å². The normalized spacial score (nSPS) is 12.5. The first-order chi connectivity index (χ1) is 12.5. The molecular weight excluding hydrogens is 350 g/mol. The van der Waals surface area contributed by atoms with Crippen molar-refractivity contribution < 1.29 is 4.79 Å². The van der Waals surface area contributed by atoms with E-state index in [0.717, 1.165) is 5.69 Å². The SMILES string of the molecule is CC(C)C(C)NC(=O)CSc1nc2c(cnn2-c2ccccc2)c(=O)[nH]1. The zero-order valence-electron chi connectivity index (χ0n) is 14.9. The Bertz CT molecular complexity index is 965. The third kappa shape index (κ3) is 3.96. The van der Waals surface area contributed by atoms with E-state index in [1.165, 1.54) is 18.0 Å². The third-order valence-corrected chi connectivity index (χ3v) is 5.02. The lowest BCUT2D eigenvalue weighted by Gasteiger charge is -2.17. The molecule has 2 aromatic heterocycles. The Morgan fingerprint density at radius 2 is 2.00 bits per heavy atom. The van der Waals surface area contributed by atoms with Crippen LogP contribution in [0.25, 0.3) is 16.7 Å². The number of carbonyl (C=O) groups excluding carboxylic acids is 1. The number of nitrogens with one attached hydrogen (secondary N) is 2. The number of fused-ring (bicyclic) bond motifs is 1. The number of aromatic amines is 1. The van der Waals surface area contributed by atoms with Crippen LogP contribution >= 0.6 is 11.8 Å². The summed E-state index contributed by atoms with van der Waals surface area (Å²) in [6.07, 6.45) is 1.50. The number of hydrogen-bond acceptors (Lipinski definition) is 5. The summed E-state index contributed by atoms with van der Waals surface area (Å²) in [7, 11) is 0. The summed E-state index contributed by atoms with van der Waals surface area (Å²) in [4.78, 5) is 31.5. The number of amides is 1. The predicted molar refractivity (Wildman–Crippen MR) is 103 cm³/mol. The maximum atomic E-state index is 12.3. The van der Waals surface area contributed by atoms with E-state index >= 15 is 0 Å². The number of aromatic nitrogens is 4. The highest BCUT2D eigenvalue weighted by molar-refractivity contribution is 7.99. The van der Waals surface area contributed by atoms with Crippen molar-refractivity contribution in [3.05, 3.63) is 46.9 Å². The molecule has 1 atom stereocenters. The molecule has 0 aliphatic carbocycles. The Morgan fingerprint density at radius 1 is 1.27 bits per heavy atom. The fourth-order valence-electron chi connectivity index (χ4n) is 2.32. The van der Waals surface area contributed by atoms with Gasteiger partial charge in [-0.15, -0.1) is 0 Å². The number of carbonyl (C=O) groups is 1. The highest BCUT2D eigenvalue weighted by atomic mass is 32.2. The number of para-hydroxylation sites is 1. The van der Waals surface area contributed by atoms with E-state index in [4.69, 9.17) is 0 Å². The standard InChI is InChI=1S/C18H21N5O2S/c1-11(2)12(3)20-15(24)10-26-18-21-16-14(17(25)22-18)9-19-23(16)13-7-5-4-6-8-13/h4-9,11-12H,10H2,1-3H3,(H,20,24)(H,21,22,25). The minimum Gasteiger partial charge on any atom is -0.353 e. The summed E-state index contributed by atoms with van der Waals surface area (Å²) in [5.74, 6) is 0.458. The van der Waals surface area contributed by atoms with Crippen LogP contribution < -0.4 is 10.9 Å². The van der Waals surface area contributed by atoms with Gasteiger partial charge in [0.15, 0.2) is 10.8 Å². The van der Waals surface area contributed by atoms with Gasteiger partial charge in [0.25, 0.3) is 5.56 Å². The Kier molecular flexibility index (Phi) is 5.41. The van der Waals surface area contributed by atoms with E-state index in [1.807, 2.05) is 37.3 Å². The van der Waals surface area contributed by atoms with E-state index < -0.39 is 0 Å². The zero-order valence-corrected chi connectivity index (χ0v) is 15.7. The first kappa shape index (κ1) is 18.2. The number of benzene rings is 1. The van der Waals surface area contributed by atoms with E-state index in [9.17, 15) is 9.59 Å². The molecule has 26 heavy (non-hydrogen) atoms. The Morgan fingerprint density at radius 3 is 2.69 bits per heavy atom. The Balaban J connectivity index is 1.82. The largest absolute Gasteiger partial charge is 0.353 e. The molecule has 2 heterocycles. The van der Waals surface area contributed by atoms with Crippen molar-refractivity contribution >= 4 is 28.7 Å². The average Bonchev–Trinajstić information content (AvgIpc) is 3.05. The maximum absolute atomic E-state index is 12.3. The molecule has 1 amide bonds. The quantitative estimate of drug-likeness (QED) is 0.513. The molecule has 2 N–H and O–H groups in total. The lowest BCUT2D eigenvalue weighted by Crippen LogP contribution is -2.37. The predicted octanol–water partition coefficient (Wildman–Crippen LogP) is 2.36. The summed E-state index contributed by atoms with van der Waals surface area (Å²) in [6, 6.07) is 9.58. The monoisotopic (exact) mass is 371 g/mol. The van der Waals surface area contributed by atoms with Gasteiger partial charge in [-0.05, 0) is 25.0 Å². The second-order valence-electron chi connectivity index (χ2n) is 6.39. The van der Waals surface area contributed by atoms with E-state index in [1.54, 1.807) is 4.68 Å². The molecule has 0 radical (unpaired) electrons. The molecule has 0 spiro atoms. The lowest BCUT2D eigenvalue weighted by molar-refractivity contribution is -0.119. The summed E-state index contributed by atoms with van der Waals surface area (Å²) >= 11 is 1.20. The smallest absolute Gasteiger partial charge is 0.262 e. The molecular formula is C18H21N5O2S. The van der Waals surface area contributed by atoms with Crippen molar-refractivity contribution in [1.29, 1.82) is 0 Å². The molecule has 7 nitrogen and oxygen atoms in total. The molecule has 1 aromatic carbocycles. The highest BCUT2D eigenvalue weighted by Gasteiger charge is 2.14. The summed E-state index contributed by atoms with van der Waals surface area (Å²) in [5.41, 5.74) is 1.02. The summed E-state index contributed by atoms with van der Waals surface area (Å²) < 4.78 is 1.62. The van der Waals surface area contributed by atoms with E-state index in [0.29, 0.717) is 22.1 Å². The number of H-pyrrole nitrogens is 1. The van der Waals surface area contributed by atoms with E-state index in [2.05, 4.69) is 34.2 Å². The van der Waals surface area contributed by atoms with Gasteiger partial charge >= 0.3 is 0 Å².